The Balaban J connectivity index is 2.30. The van der Waals surface area contributed by atoms with Crippen LogP contribution in [0.15, 0.2) is 12.1 Å². The molecule has 1 amide bonds. The lowest BCUT2D eigenvalue weighted by molar-refractivity contribution is 0.103. The minimum Gasteiger partial charge on any atom is -0.382 e. The molecule has 5 nitrogen and oxygen atoms in total. The summed E-state index contributed by atoms with van der Waals surface area (Å²) in [4.78, 5) is 15.7. The highest BCUT2D eigenvalue weighted by Gasteiger charge is 2.19. The van der Waals surface area contributed by atoms with Crippen LogP contribution in [0.25, 0.3) is 0 Å². The lowest BCUT2D eigenvalue weighted by Gasteiger charge is -2.06. The van der Waals surface area contributed by atoms with E-state index in [0.29, 0.717) is 17.3 Å². The molecule has 0 saturated carbocycles. The molecule has 106 valence electrons. The smallest absolute Gasteiger partial charge is 0.269 e. The fourth-order valence-corrected chi connectivity index (χ4v) is 2.16. The number of aromatic nitrogens is 1. The Morgan fingerprint density at radius 2 is 2.05 bits per heavy atom. The lowest BCUT2D eigenvalue weighted by atomic mass is 10.2. The molecule has 2 rings (SSSR count). The molecule has 0 unspecified atom stereocenters. The number of nitrogens with two attached hydrogens (primary N) is 1. The van der Waals surface area contributed by atoms with E-state index in [-0.39, 0.29) is 10.7 Å². The van der Waals surface area contributed by atoms with Crippen LogP contribution in [0.3, 0.4) is 0 Å². The van der Waals surface area contributed by atoms with E-state index < -0.39 is 29.0 Å². The van der Waals surface area contributed by atoms with Gasteiger partial charge in [-0.25, -0.2) is 18.2 Å². The van der Waals surface area contributed by atoms with E-state index in [9.17, 15) is 18.0 Å². The van der Waals surface area contributed by atoms with Gasteiger partial charge in [0.2, 0.25) is 0 Å². The van der Waals surface area contributed by atoms with E-state index in [1.165, 1.54) is 0 Å². The first kappa shape index (κ1) is 14.1. The van der Waals surface area contributed by atoms with Gasteiger partial charge in [-0.2, -0.15) is 0 Å². The van der Waals surface area contributed by atoms with Crippen molar-refractivity contribution in [1.82, 2.24) is 4.98 Å². The fourth-order valence-electron chi connectivity index (χ4n) is 1.43. The van der Waals surface area contributed by atoms with Crippen molar-refractivity contribution in [1.29, 1.82) is 0 Å². The number of nitrogens with one attached hydrogen (secondary N) is 2. The monoisotopic (exact) mass is 302 g/mol. The second-order valence-electron chi connectivity index (χ2n) is 3.69. The van der Waals surface area contributed by atoms with Gasteiger partial charge in [-0.3, -0.25) is 4.79 Å². The number of rotatable bonds is 3. The van der Waals surface area contributed by atoms with Gasteiger partial charge < -0.3 is 16.4 Å². The van der Waals surface area contributed by atoms with Gasteiger partial charge in [-0.15, -0.1) is 0 Å². The van der Waals surface area contributed by atoms with Crippen LogP contribution in [0.5, 0.6) is 0 Å². The second kappa shape index (κ2) is 5.37. The Morgan fingerprint density at radius 1 is 1.35 bits per heavy atom. The Hall–Kier alpha value is -2.29. The molecule has 0 atom stereocenters. The Morgan fingerprint density at radius 3 is 2.65 bits per heavy atom. The van der Waals surface area contributed by atoms with Crippen LogP contribution in [-0.2, 0) is 0 Å². The molecular formula is C11H9F3N4OS. The molecule has 1 aromatic heterocycles. The Labute approximate surface area is 115 Å². The summed E-state index contributed by atoms with van der Waals surface area (Å²) >= 11 is 0.932. The number of benzene rings is 1. The molecule has 0 radical (unpaired) electrons. The van der Waals surface area contributed by atoms with Crippen LogP contribution in [0.4, 0.5) is 29.8 Å². The van der Waals surface area contributed by atoms with Gasteiger partial charge in [0.1, 0.15) is 16.5 Å². The van der Waals surface area contributed by atoms with Crippen LogP contribution in [0, 0.1) is 17.5 Å². The summed E-state index contributed by atoms with van der Waals surface area (Å²) in [6, 6.07) is 1.05. The minimum atomic E-state index is -1.39. The van der Waals surface area contributed by atoms with Crippen LogP contribution < -0.4 is 16.4 Å². The fraction of sp³-hybridized carbons (Fsp3) is 0.0909. The normalized spacial score (nSPS) is 10.4. The van der Waals surface area contributed by atoms with Gasteiger partial charge in [-0.05, 0) is 0 Å². The van der Waals surface area contributed by atoms with Gasteiger partial charge in [0.05, 0.1) is 5.69 Å². The molecule has 9 heteroatoms. The highest BCUT2D eigenvalue weighted by molar-refractivity contribution is 7.18. The zero-order valence-corrected chi connectivity index (χ0v) is 10.9. The van der Waals surface area contributed by atoms with E-state index in [2.05, 4.69) is 15.6 Å². The molecule has 0 fully saturated rings. The summed E-state index contributed by atoms with van der Waals surface area (Å²) in [5, 5.41) is 5.13. The van der Waals surface area contributed by atoms with Crippen molar-refractivity contribution in [3.8, 4) is 0 Å². The molecule has 1 heterocycles. The van der Waals surface area contributed by atoms with Crippen molar-refractivity contribution < 1.29 is 18.0 Å². The Bertz CT molecular complexity index is 674. The van der Waals surface area contributed by atoms with E-state index in [0.717, 1.165) is 11.3 Å². The largest absolute Gasteiger partial charge is 0.382 e. The van der Waals surface area contributed by atoms with Crippen LogP contribution in [0.2, 0.25) is 0 Å². The number of nitrogens with zero attached hydrogens (tertiary/aromatic N) is 1. The van der Waals surface area contributed by atoms with E-state index >= 15 is 0 Å². The third-order valence-electron chi connectivity index (χ3n) is 2.31. The molecule has 0 spiro atoms. The predicted octanol–water partition coefficient (Wildman–Crippen LogP) is 2.44. The lowest BCUT2D eigenvalue weighted by Crippen LogP contribution is -2.14. The zero-order chi connectivity index (χ0) is 14.9. The van der Waals surface area contributed by atoms with Crippen molar-refractivity contribution in [2.75, 3.05) is 23.4 Å². The van der Waals surface area contributed by atoms with E-state index in [4.69, 9.17) is 5.73 Å². The average molecular weight is 302 g/mol. The molecule has 0 bridgehead atoms. The van der Waals surface area contributed by atoms with Crippen molar-refractivity contribution in [2.24, 2.45) is 0 Å². The van der Waals surface area contributed by atoms with E-state index in [1.807, 2.05) is 0 Å². The summed E-state index contributed by atoms with van der Waals surface area (Å²) in [7, 11) is 1.58. The third kappa shape index (κ3) is 2.67. The SMILES string of the molecule is CNc1nc(N)c(C(=O)Nc2cc(F)cc(F)c2F)s1. The summed E-state index contributed by atoms with van der Waals surface area (Å²) in [5.41, 5.74) is 4.92. The molecule has 20 heavy (non-hydrogen) atoms. The van der Waals surface area contributed by atoms with Crippen molar-refractivity contribution in [3.63, 3.8) is 0 Å². The van der Waals surface area contributed by atoms with Crippen molar-refractivity contribution in [2.45, 2.75) is 0 Å². The first-order valence-electron chi connectivity index (χ1n) is 5.32. The first-order valence-corrected chi connectivity index (χ1v) is 6.14. The molecule has 0 aliphatic heterocycles. The number of amides is 1. The minimum absolute atomic E-state index is 0.0124. The predicted molar refractivity (Wildman–Crippen MR) is 70.3 cm³/mol. The number of hydrogen-bond acceptors (Lipinski definition) is 5. The number of carbonyl (C=O) groups is 1. The maximum absolute atomic E-state index is 13.4. The molecule has 0 aliphatic carbocycles. The molecular weight excluding hydrogens is 293 g/mol. The topological polar surface area (TPSA) is 80.0 Å². The summed E-state index contributed by atoms with van der Waals surface area (Å²) < 4.78 is 39.4. The van der Waals surface area contributed by atoms with Gasteiger partial charge in [0.25, 0.3) is 5.91 Å². The number of anilines is 3. The van der Waals surface area contributed by atoms with Crippen LogP contribution in [0.1, 0.15) is 9.67 Å². The maximum atomic E-state index is 13.4. The van der Waals surface area contributed by atoms with Crippen molar-refractivity contribution >= 4 is 33.9 Å². The number of nitrogen functional groups attached to an aromatic ring is 1. The first-order chi connectivity index (χ1) is 9.42. The van der Waals surface area contributed by atoms with E-state index in [1.54, 1.807) is 7.05 Å². The molecule has 0 aliphatic rings. The van der Waals surface area contributed by atoms with Gasteiger partial charge >= 0.3 is 0 Å². The third-order valence-corrected chi connectivity index (χ3v) is 3.40. The standard InChI is InChI=1S/C11H9F3N4OS/c1-16-11-18-9(15)8(20-11)10(19)17-6-3-4(12)2-5(13)7(6)14/h2-3H,15H2,1H3,(H,16,18)(H,17,19). The highest BCUT2D eigenvalue weighted by atomic mass is 32.1. The number of halogens is 3. The number of hydrogen-bond donors (Lipinski definition) is 3. The summed E-state index contributed by atoms with van der Waals surface area (Å²) in [5.74, 6) is -4.61. The van der Waals surface area contributed by atoms with Gasteiger partial charge in [-0.1, -0.05) is 11.3 Å². The summed E-state index contributed by atoms with van der Waals surface area (Å²) in [6.07, 6.45) is 0. The van der Waals surface area contributed by atoms with Crippen LogP contribution >= 0.6 is 11.3 Å². The highest BCUT2D eigenvalue weighted by Crippen LogP contribution is 2.26. The number of thiazole rings is 1. The quantitative estimate of drug-likeness (QED) is 0.761. The van der Waals surface area contributed by atoms with Crippen LogP contribution in [-0.4, -0.2) is 17.9 Å². The van der Waals surface area contributed by atoms with Gasteiger partial charge in [0, 0.05) is 19.2 Å². The average Bonchev–Trinajstić information content (AvgIpc) is 2.76. The molecule has 4 N–H and O–H groups in total. The van der Waals surface area contributed by atoms with Crippen molar-refractivity contribution in [3.05, 3.63) is 34.5 Å². The Kier molecular flexibility index (Phi) is 3.79. The van der Waals surface area contributed by atoms with Gasteiger partial charge in [0.15, 0.2) is 16.8 Å². The molecule has 2 aromatic rings. The number of carbonyl (C=O) groups excluding carboxylic acids is 1. The second-order valence-corrected chi connectivity index (χ2v) is 4.69. The molecule has 1 aromatic carbocycles. The zero-order valence-electron chi connectivity index (χ0n) is 10.1. The summed E-state index contributed by atoms with van der Waals surface area (Å²) in [6.45, 7) is 0. The maximum Gasteiger partial charge on any atom is 0.269 e. The molecule has 0 saturated heterocycles.